The molecule has 0 aliphatic carbocycles. The molecule has 6 N–H and O–H groups in total. The monoisotopic (exact) mass is 418 g/mol. The fourth-order valence-corrected chi connectivity index (χ4v) is 2.86. The van der Waals surface area contributed by atoms with E-state index in [1.807, 2.05) is 12.1 Å². The van der Waals surface area contributed by atoms with E-state index in [1.54, 1.807) is 54.6 Å². The molecule has 3 rings (SSSR count). The summed E-state index contributed by atoms with van der Waals surface area (Å²) in [5, 5.41) is 15.1. The minimum absolute atomic E-state index is 0.0133. The van der Waals surface area contributed by atoms with E-state index in [2.05, 4.69) is 4.74 Å². The molecule has 0 unspecified atom stereocenters. The zero-order chi connectivity index (χ0) is 22.4. The quantitative estimate of drug-likeness (QED) is 0.199. The number of methoxy groups -OCH3 is 1. The summed E-state index contributed by atoms with van der Waals surface area (Å²) in [7, 11) is 1.23. The van der Waals surface area contributed by atoms with Crippen LogP contribution < -0.4 is 20.9 Å². The Balaban J connectivity index is 1.86. The SMILES string of the molecule is COC(=O)Oc1cc(COc2ccc(C(=N)N)cc2)ccc1-c1cccc(C(=N)N)c1. The normalized spacial score (nSPS) is 10.2. The van der Waals surface area contributed by atoms with Crippen LogP contribution in [0.15, 0.2) is 66.7 Å². The molecule has 158 valence electrons. The van der Waals surface area contributed by atoms with Crippen LogP contribution in [0.1, 0.15) is 16.7 Å². The van der Waals surface area contributed by atoms with Crippen LogP contribution in [-0.2, 0) is 11.3 Å². The van der Waals surface area contributed by atoms with Crippen LogP contribution in [0.4, 0.5) is 4.79 Å². The lowest BCUT2D eigenvalue weighted by Gasteiger charge is -2.13. The fraction of sp³-hybridized carbons (Fsp3) is 0.0870. The number of carbonyl (C=O) groups is 1. The van der Waals surface area contributed by atoms with Gasteiger partial charge in [-0.2, -0.15) is 0 Å². The van der Waals surface area contributed by atoms with E-state index in [9.17, 15) is 4.79 Å². The van der Waals surface area contributed by atoms with E-state index >= 15 is 0 Å². The van der Waals surface area contributed by atoms with Gasteiger partial charge in [-0.15, -0.1) is 0 Å². The Kier molecular flexibility index (Phi) is 6.51. The predicted molar refractivity (Wildman–Crippen MR) is 118 cm³/mol. The van der Waals surface area contributed by atoms with Gasteiger partial charge in [-0.05, 0) is 47.5 Å². The van der Waals surface area contributed by atoms with Crippen molar-refractivity contribution in [2.24, 2.45) is 11.5 Å². The second-order valence-corrected chi connectivity index (χ2v) is 6.61. The third-order valence-corrected chi connectivity index (χ3v) is 4.46. The number of carbonyl (C=O) groups excluding carboxylic acids is 1. The molecule has 0 atom stereocenters. The Labute approximate surface area is 179 Å². The molecule has 0 aliphatic heterocycles. The van der Waals surface area contributed by atoms with Crippen LogP contribution >= 0.6 is 0 Å². The van der Waals surface area contributed by atoms with Gasteiger partial charge in [0.05, 0.1) is 7.11 Å². The van der Waals surface area contributed by atoms with Gasteiger partial charge in [-0.1, -0.05) is 30.3 Å². The molecule has 0 aliphatic rings. The topological polar surface area (TPSA) is 145 Å². The van der Waals surface area contributed by atoms with Crippen LogP contribution in [0.3, 0.4) is 0 Å². The zero-order valence-electron chi connectivity index (χ0n) is 16.8. The van der Waals surface area contributed by atoms with Gasteiger partial charge >= 0.3 is 6.16 Å². The highest BCUT2D eigenvalue weighted by Gasteiger charge is 2.14. The first-order valence-electron chi connectivity index (χ1n) is 9.28. The number of hydrogen-bond acceptors (Lipinski definition) is 6. The molecule has 0 amide bonds. The van der Waals surface area contributed by atoms with Gasteiger partial charge in [-0.25, -0.2) is 4.79 Å². The second-order valence-electron chi connectivity index (χ2n) is 6.61. The van der Waals surface area contributed by atoms with Crippen molar-refractivity contribution in [3.63, 3.8) is 0 Å². The van der Waals surface area contributed by atoms with Crippen molar-refractivity contribution < 1.29 is 19.0 Å². The fourth-order valence-electron chi connectivity index (χ4n) is 2.86. The minimum atomic E-state index is -0.845. The molecular weight excluding hydrogens is 396 g/mol. The van der Waals surface area contributed by atoms with Crippen molar-refractivity contribution in [1.82, 2.24) is 0 Å². The van der Waals surface area contributed by atoms with Crippen LogP contribution in [-0.4, -0.2) is 24.9 Å². The number of rotatable bonds is 7. The average molecular weight is 418 g/mol. The minimum Gasteiger partial charge on any atom is -0.489 e. The number of benzene rings is 3. The van der Waals surface area contributed by atoms with E-state index in [4.69, 9.17) is 31.8 Å². The van der Waals surface area contributed by atoms with Crippen molar-refractivity contribution >= 4 is 17.8 Å². The Bertz CT molecular complexity index is 1130. The summed E-state index contributed by atoms with van der Waals surface area (Å²) in [6.45, 7) is 0.227. The second kappa shape index (κ2) is 9.45. The molecule has 0 radical (unpaired) electrons. The highest BCUT2D eigenvalue weighted by atomic mass is 16.7. The molecule has 0 heterocycles. The number of nitrogens with two attached hydrogens (primary N) is 2. The first-order chi connectivity index (χ1) is 14.9. The van der Waals surface area contributed by atoms with E-state index in [-0.39, 0.29) is 18.3 Å². The van der Waals surface area contributed by atoms with Crippen molar-refractivity contribution in [3.8, 4) is 22.6 Å². The predicted octanol–water partition coefficient (Wildman–Crippen LogP) is 3.65. The molecule has 0 saturated carbocycles. The summed E-state index contributed by atoms with van der Waals surface area (Å²) >= 11 is 0. The summed E-state index contributed by atoms with van der Waals surface area (Å²) in [4.78, 5) is 11.8. The number of nitrogens with one attached hydrogen (secondary N) is 2. The maximum Gasteiger partial charge on any atom is 0.513 e. The van der Waals surface area contributed by atoms with E-state index < -0.39 is 6.16 Å². The van der Waals surface area contributed by atoms with Crippen molar-refractivity contribution in [2.45, 2.75) is 6.61 Å². The number of ether oxygens (including phenoxy) is 3. The van der Waals surface area contributed by atoms with Gasteiger partial charge in [0.15, 0.2) is 0 Å². The lowest BCUT2D eigenvalue weighted by molar-refractivity contribution is 0.121. The maximum atomic E-state index is 11.8. The van der Waals surface area contributed by atoms with Crippen LogP contribution in [0.2, 0.25) is 0 Å². The summed E-state index contributed by atoms with van der Waals surface area (Å²) in [6, 6.07) is 19.3. The summed E-state index contributed by atoms with van der Waals surface area (Å²) in [5.74, 6) is 0.831. The van der Waals surface area contributed by atoms with Gasteiger partial charge < -0.3 is 25.7 Å². The van der Waals surface area contributed by atoms with Crippen molar-refractivity contribution in [2.75, 3.05) is 7.11 Å². The Hall–Kier alpha value is -4.33. The van der Waals surface area contributed by atoms with Crippen molar-refractivity contribution in [3.05, 3.63) is 83.4 Å². The maximum absolute atomic E-state index is 11.8. The Morgan fingerprint density at radius 3 is 2.26 bits per heavy atom. The third-order valence-electron chi connectivity index (χ3n) is 4.46. The van der Waals surface area contributed by atoms with Crippen LogP contribution in [0.25, 0.3) is 11.1 Å². The van der Waals surface area contributed by atoms with Gasteiger partial charge in [0.2, 0.25) is 0 Å². The first-order valence-corrected chi connectivity index (χ1v) is 9.28. The number of nitrogen functional groups attached to an aromatic ring is 2. The van der Waals surface area contributed by atoms with Gasteiger partial charge in [-0.3, -0.25) is 10.8 Å². The summed E-state index contributed by atoms with van der Waals surface area (Å²) in [6.07, 6.45) is -0.845. The van der Waals surface area contributed by atoms with Crippen LogP contribution in [0.5, 0.6) is 11.5 Å². The molecule has 8 nitrogen and oxygen atoms in total. The lowest BCUT2D eigenvalue weighted by atomic mass is 10.0. The van der Waals surface area contributed by atoms with Gasteiger partial charge in [0.1, 0.15) is 29.8 Å². The molecular formula is C23H22N4O4. The molecule has 8 heteroatoms. The Morgan fingerprint density at radius 1 is 0.903 bits per heavy atom. The highest BCUT2D eigenvalue weighted by molar-refractivity contribution is 5.96. The largest absolute Gasteiger partial charge is 0.513 e. The molecule has 3 aromatic carbocycles. The number of amidine groups is 2. The molecule has 0 saturated heterocycles. The summed E-state index contributed by atoms with van der Waals surface area (Å²) < 4.78 is 15.8. The van der Waals surface area contributed by atoms with Gasteiger partial charge in [0.25, 0.3) is 0 Å². The zero-order valence-corrected chi connectivity index (χ0v) is 16.8. The Morgan fingerprint density at radius 2 is 1.61 bits per heavy atom. The molecule has 0 aromatic heterocycles. The van der Waals surface area contributed by atoms with E-state index in [1.165, 1.54) is 7.11 Å². The molecule has 0 fully saturated rings. The third kappa shape index (κ3) is 5.39. The molecule has 0 bridgehead atoms. The average Bonchev–Trinajstić information content (AvgIpc) is 2.78. The molecule has 31 heavy (non-hydrogen) atoms. The van der Waals surface area contributed by atoms with Crippen LogP contribution in [0, 0.1) is 10.8 Å². The smallest absolute Gasteiger partial charge is 0.489 e. The van der Waals surface area contributed by atoms with Gasteiger partial charge in [0, 0.05) is 16.7 Å². The van der Waals surface area contributed by atoms with E-state index in [0.29, 0.717) is 28.2 Å². The molecule has 3 aromatic rings. The first kappa shape index (κ1) is 21.4. The summed E-state index contributed by atoms with van der Waals surface area (Å²) in [5.41, 5.74) is 14.4. The highest BCUT2D eigenvalue weighted by Crippen LogP contribution is 2.32. The number of hydrogen-bond donors (Lipinski definition) is 4. The van der Waals surface area contributed by atoms with Crippen molar-refractivity contribution in [1.29, 1.82) is 10.8 Å². The van der Waals surface area contributed by atoms with E-state index in [0.717, 1.165) is 11.1 Å². The molecule has 0 spiro atoms. The standard InChI is InChI=1S/C23H22N4O4/c1-29-23(28)31-20-11-14(13-30-18-8-6-15(7-9-18)21(24)25)5-10-19(20)16-3-2-4-17(12-16)22(26)27/h2-12H,13H2,1H3,(H3,24,25)(H3,26,27). The lowest BCUT2D eigenvalue weighted by Crippen LogP contribution is -2.11.